The van der Waals surface area contributed by atoms with Crippen LogP contribution in [0, 0.1) is 0 Å². The average molecular weight is 270 g/mol. The van der Waals surface area contributed by atoms with Gasteiger partial charge in [-0.15, -0.1) is 0 Å². The second-order valence-corrected chi connectivity index (χ2v) is 4.76. The van der Waals surface area contributed by atoms with Gasteiger partial charge >= 0.3 is 5.97 Å². The lowest BCUT2D eigenvalue weighted by Crippen LogP contribution is -2.01. The van der Waals surface area contributed by atoms with E-state index in [0.29, 0.717) is 0 Å². The summed E-state index contributed by atoms with van der Waals surface area (Å²) < 4.78 is 1.66. The molecule has 2 heterocycles. The van der Waals surface area contributed by atoms with Gasteiger partial charge in [-0.2, -0.15) is 16.4 Å². The monoisotopic (exact) mass is 270 g/mol. The number of aromatic nitrogens is 2. The lowest BCUT2D eigenvalue weighted by Gasteiger charge is -2.05. The number of carbonyl (C=O) groups is 1. The molecule has 4 nitrogen and oxygen atoms in total. The smallest absolute Gasteiger partial charge is 0.356 e. The second kappa shape index (κ2) is 4.70. The van der Waals surface area contributed by atoms with Gasteiger partial charge in [-0.1, -0.05) is 18.2 Å². The van der Waals surface area contributed by atoms with E-state index in [-0.39, 0.29) is 5.69 Å². The summed E-state index contributed by atoms with van der Waals surface area (Å²) in [6.45, 7) is 0. The third kappa shape index (κ3) is 2.15. The molecule has 0 spiro atoms. The highest BCUT2D eigenvalue weighted by atomic mass is 32.1. The van der Waals surface area contributed by atoms with E-state index < -0.39 is 5.97 Å². The molecule has 0 radical (unpaired) electrons. The van der Waals surface area contributed by atoms with Crippen molar-refractivity contribution in [2.75, 3.05) is 0 Å². The van der Waals surface area contributed by atoms with Gasteiger partial charge in [-0.25, -0.2) is 9.48 Å². The lowest BCUT2D eigenvalue weighted by molar-refractivity contribution is 0.0690. The van der Waals surface area contributed by atoms with Crippen LogP contribution in [0.1, 0.15) is 10.5 Å². The Hall–Kier alpha value is -2.40. The number of para-hydroxylation sites is 1. The molecule has 3 aromatic rings. The zero-order chi connectivity index (χ0) is 13.2. The van der Waals surface area contributed by atoms with Crippen LogP contribution in [0.2, 0.25) is 0 Å². The van der Waals surface area contributed by atoms with Gasteiger partial charge in [0.25, 0.3) is 0 Å². The molecule has 3 rings (SSSR count). The molecule has 0 aliphatic carbocycles. The molecule has 0 fully saturated rings. The number of thiophene rings is 1. The minimum absolute atomic E-state index is 0.0463. The normalized spacial score (nSPS) is 10.5. The van der Waals surface area contributed by atoms with Gasteiger partial charge in [0.2, 0.25) is 0 Å². The maximum absolute atomic E-state index is 11.1. The van der Waals surface area contributed by atoms with Crippen molar-refractivity contribution in [2.24, 2.45) is 0 Å². The molecule has 5 heteroatoms. The standard InChI is InChI=1S/C14H10N2O2S/c17-14(18)12-8-13(10-6-7-19-9-10)16(15-12)11-4-2-1-3-5-11/h1-9H,(H,17,18). The van der Waals surface area contributed by atoms with Crippen molar-refractivity contribution >= 4 is 17.3 Å². The van der Waals surface area contributed by atoms with Crippen LogP contribution in [-0.2, 0) is 0 Å². The summed E-state index contributed by atoms with van der Waals surface area (Å²) in [5.74, 6) is -1.02. The summed E-state index contributed by atoms with van der Waals surface area (Å²) in [7, 11) is 0. The van der Waals surface area contributed by atoms with Gasteiger partial charge in [0.15, 0.2) is 5.69 Å². The molecule has 0 atom stereocenters. The first kappa shape index (κ1) is 11.7. The Kier molecular flexibility index (Phi) is 2.89. The molecule has 0 amide bonds. The fourth-order valence-corrected chi connectivity index (χ4v) is 2.52. The van der Waals surface area contributed by atoms with Crippen molar-refractivity contribution in [3.05, 3.63) is 58.9 Å². The van der Waals surface area contributed by atoms with E-state index in [9.17, 15) is 4.79 Å². The Bertz CT molecular complexity index is 702. The van der Waals surface area contributed by atoms with Gasteiger partial charge in [-0.05, 0) is 29.6 Å². The topological polar surface area (TPSA) is 55.1 Å². The van der Waals surface area contributed by atoms with Crippen molar-refractivity contribution in [1.82, 2.24) is 9.78 Å². The van der Waals surface area contributed by atoms with Crippen LogP contribution in [0.4, 0.5) is 0 Å². The highest BCUT2D eigenvalue weighted by molar-refractivity contribution is 7.08. The summed E-state index contributed by atoms with van der Waals surface area (Å²) >= 11 is 1.57. The van der Waals surface area contributed by atoms with Crippen LogP contribution in [0.3, 0.4) is 0 Å². The maximum Gasteiger partial charge on any atom is 0.356 e. The van der Waals surface area contributed by atoms with E-state index in [0.717, 1.165) is 16.9 Å². The van der Waals surface area contributed by atoms with E-state index in [1.165, 1.54) is 0 Å². The van der Waals surface area contributed by atoms with Crippen molar-refractivity contribution in [1.29, 1.82) is 0 Å². The Labute approximate surface area is 113 Å². The van der Waals surface area contributed by atoms with E-state index in [1.54, 1.807) is 22.1 Å². The first-order valence-electron chi connectivity index (χ1n) is 5.67. The number of benzene rings is 1. The SMILES string of the molecule is O=C(O)c1cc(-c2ccsc2)n(-c2ccccc2)n1. The van der Waals surface area contributed by atoms with Crippen LogP contribution in [0.5, 0.6) is 0 Å². The van der Waals surface area contributed by atoms with Gasteiger partial charge in [0.05, 0.1) is 11.4 Å². The van der Waals surface area contributed by atoms with Gasteiger partial charge < -0.3 is 5.11 Å². The van der Waals surface area contributed by atoms with Crippen LogP contribution in [0.15, 0.2) is 53.2 Å². The molecular weight excluding hydrogens is 260 g/mol. The van der Waals surface area contributed by atoms with Crippen molar-refractivity contribution in [3.8, 4) is 16.9 Å². The van der Waals surface area contributed by atoms with Gasteiger partial charge in [0, 0.05) is 10.9 Å². The first-order chi connectivity index (χ1) is 9.25. The number of nitrogens with zero attached hydrogens (tertiary/aromatic N) is 2. The molecule has 1 N–H and O–H groups in total. The number of aromatic carboxylic acids is 1. The van der Waals surface area contributed by atoms with Crippen molar-refractivity contribution in [3.63, 3.8) is 0 Å². The fraction of sp³-hybridized carbons (Fsp3) is 0. The van der Waals surface area contributed by atoms with Crippen LogP contribution in [0.25, 0.3) is 16.9 Å². The molecule has 94 valence electrons. The molecule has 0 bridgehead atoms. The largest absolute Gasteiger partial charge is 0.476 e. The van der Waals surface area contributed by atoms with Crippen LogP contribution < -0.4 is 0 Å². The molecule has 0 aliphatic rings. The summed E-state index contributed by atoms with van der Waals surface area (Å²) in [5.41, 5.74) is 2.64. The fourth-order valence-electron chi connectivity index (χ4n) is 1.87. The predicted octanol–water partition coefficient (Wildman–Crippen LogP) is 3.30. The van der Waals surface area contributed by atoms with E-state index in [1.807, 2.05) is 47.2 Å². The average Bonchev–Trinajstić information content (AvgIpc) is 3.08. The Morgan fingerprint density at radius 3 is 2.63 bits per heavy atom. The minimum Gasteiger partial charge on any atom is -0.476 e. The molecule has 1 aromatic carbocycles. The number of carboxylic acids is 1. The maximum atomic E-state index is 11.1. The predicted molar refractivity (Wildman–Crippen MR) is 73.8 cm³/mol. The zero-order valence-corrected chi connectivity index (χ0v) is 10.7. The van der Waals surface area contributed by atoms with Crippen LogP contribution in [-0.4, -0.2) is 20.9 Å². The summed E-state index contributed by atoms with van der Waals surface area (Å²) in [6.07, 6.45) is 0. The summed E-state index contributed by atoms with van der Waals surface area (Å²) in [4.78, 5) is 11.1. The molecular formula is C14H10N2O2S. The molecule has 2 aromatic heterocycles. The summed E-state index contributed by atoms with van der Waals surface area (Å²) in [5, 5.41) is 17.2. The molecule has 0 aliphatic heterocycles. The Morgan fingerprint density at radius 1 is 1.21 bits per heavy atom. The number of carboxylic acid groups (broad SMARTS) is 1. The molecule has 0 saturated carbocycles. The quantitative estimate of drug-likeness (QED) is 0.794. The summed E-state index contributed by atoms with van der Waals surface area (Å²) in [6, 6.07) is 13.0. The molecule has 19 heavy (non-hydrogen) atoms. The zero-order valence-electron chi connectivity index (χ0n) is 9.85. The first-order valence-corrected chi connectivity index (χ1v) is 6.61. The third-order valence-corrected chi connectivity index (χ3v) is 3.43. The number of rotatable bonds is 3. The van der Waals surface area contributed by atoms with Gasteiger partial charge in [0.1, 0.15) is 0 Å². The van der Waals surface area contributed by atoms with Gasteiger partial charge in [-0.3, -0.25) is 0 Å². The highest BCUT2D eigenvalue weighted by Crippen LogP contribution is 2.25. The van der Waals surface area contributed by atoms with Crippen molar-refractivity contribution in [2.45, 2.75) is 0 Å². The third-order valence-electron chi connectivity index (χ3n) is 2.75. The second-order valence-electron chi connectivity index (χ2n) is 3.98. The van der Waals surface area contributed by atoms with E-state index in [2.05, 4.69) is 5.10 Å². The van der Waals surface area contributed by atoms with E-state index in [4.69, 9.17) is 5.11 Å². The van der Waals surface area contributed by atoms with Crippen LogP contribution >= 0.6 is 11.3 Å². The molecule has 0 unspecified atom stereocenters. The number of hydrogen-bond acceptors (Lipinski definition) is 3. The lowest BCUT2D eigenvalue weighted by atomic mass is 10.2. The molecule has 0 saturated heterocycles. The Morgan fingerprint density at radius 2 is 2.00 bits per heavy atom. The minimum atomic E-state index is -1.02. The van der Waals surface area contributed by atoms with Crippen molar-refractivity contribution < 1.29 is 9.90 Å². The van der Waals surface area contributed by atoms with E-state index >= 15 is 0 Å². The Balaban J connectivity index is 2.20. The number of hydrogen-bond donors (Lipinski definition) is 1. The highest BCUT2D eigenvalue weighted by Gasteiger charge is 2.15.